The zero-order valence-electron chi connectivity index (χ0n) is 10.5. The number of nitrogens with one attached hydrogen (secondary N) is 1. The first-order valence-corrected chi connectivity index (χ1v) is 6.52. The summed E-state index contributed by atoms with van der Waals surface area (Å²) in [7, 11) is 0. The van der Waals surface area contributed by atoms with Crippen molar-refractivity contribution in [3.63, 3.8) is 0 Å². The molecule has 0 saturated carbocycles. The highest BCUT2D eigenvalue weighted by Gasteiger charge is 2.18. The maximum atomic E-state index is 8.96. The molecular formula is C14H21NO3. The van der Waals surface area contributed by atoms with E-state index in [1.54, 1.807) is 0 Å². The Morgan fingerprint density at radius 1 is 1.22 bits per heavy atom. The lowest BCUT2D eigenvalue weighted by Gasteiger charge is -2.20. The van der Waals surface area contributed by atoms with E-state index in [0.717, 1.165) is 12.8 Å². The Morgan fingerprint density at radius 3 is 2.61 bits per heavy atom. The van der Waals surface area contributed by atoms with E-state index < -0.39 is 0 Å². The van der Waals surface area contributed by atoms with E-state index in [1.807, 2.05) is 18.2 Å². The summed E-state index contributed by atoms with van der Waals surface area (Å²) in [5.41, 5.74) is 1.24. The van der Waals surface area contributed by atoms with Crippen molar-refractivity contribution < 1.29 is 14.6 Å². The first-order chi connectivity index (χ1) is 8.90. The summed E-state index contributed by atoms with van der Waals surface area (Å²) in [6.07, 6.45) is 1.57. The maximum absolute atomic E-state index is 8.96. The van der Waals surface area contributed by atoms with Crippen molar-refractivity contribution in [1.29, 1.82) is 0 Å². The van der Waals surface area contributed by atoms with Crippen molar-refractivity contribution in [2.45, 2.75) is 25.2 Å². The van der Waals surface area contributed by atoms with E-state index in [2.05, 4.69) is 17.4 Å². The van der Waals surface area contributed by atoms with Gasteiger partial charge in [0, 0.05) is 19.2 Å². The van der Waals surface area contributed by atoms with Gasteiger partial charge in [0.05, 0.1) is 13.2 Å². The van der Waals surface area contributed by atoms with Gasteiger partial charge in [-0.25, -0.2) is 0 Å². The van der Waals surface area contributed by atoms with Crippen LogP contribution in [0.1, 0.15) is 24.4 Å². The molecule has 2 N–H and O–H groups in total. The molecule has 0 aliphatic carbocycles. The van der Waals surface area contributed by atoms with Gasteiger partial charge >= 0.3 is 0 Å². The van der Waals surface area contributed by atoms with Crippen LogP contribution in [0.3, 0.4) is 0 Å². The molecule has 1 aromatic carbocycles. The predicted octanol–water partition coefficient (Wildman–Crippen LogP) is 1.46. The number of hydrogen-bond acceptors (Lipinski definition) is 4. The summed E-state index contributed by atoms with van der Waals surface area (Å²) in [5.74, 6) is 0. The van der Waals surface area contributed by atoms with Gasteiger partial charge in [-0.05, 0) is 18.4 Å². The van der Waals surface area contributed by atoms with Crippen molar-refractivity contribution in [3.05, 3.63) is 35.9 Å². The SMILES string of the molecule is OCCCC(NCC1OCCO1)c1ccccc1. The molecule has 1 atom stereocenters. The summed E-state index contributed by atoms with van der Waals surface area (Å²) >= 11 is 0. The maximum Gasteiger partial charge on any atom is 0.170 e. The molecule has 0 radical (unpaired) electrons. The molecule has 1 aliphatic rings. The fourth-order valence-electron chi connectivity index (χ4n) is 2.13. The third-order valence-corrected chi connectivity index (χ3v) is 3.07. The molecule has 1 heterocycles. The molecular weight excluding hydrogens is 230 g/mol. The standard InChI is InChI=1S/C14H21NO3/c16-8-4-7-13(12-5-2-1-3-6-12)15-11-14-17-9-10-18-14/h1-3,5-6,13-16H,4,7-11H2. The van der Waals surface area contributed by atoms with Crippen molar-refractivity contribution in [3.8, 4) is 0 Å². The second kappa shape index (κ2) is 7.48. The first kappa shape index (κ1) is 13.5. The second-order valence-electron chi connectivity index (χ2n) is 4.41. The molecule has 1 aromatic rings. The Bertz CT molecular complexity index is 325. The minimum Gasteiger partial charge on any atom is -0.396 e. The van der Waals surface area contributed by atoms with Crippen LogP contribution in [0, 0.1) is 0 Å². The Morgan fingerprint density at radius 2 is 1.94 bits per heavy atom. The van der Waals surface area contributed by atoms with Gasteiger partial charge in [0.15, 0.2) is 6.29 Å². The van der Waals surface area contributed by atoms with Gasteiger partial charge in [0.25, 0.3) is 0 Å². The van der Waals surface area contributed by atoms with E-state index in [9.17, 15) is 0 Å². The van der Waals surface area contributed by atoms with Crippen LogP contribution in [0.5, 0.6) is 0 Å². The van der Waals surface area contributed by atoms with Gasteiger partial charge in [0.1, 0.15) is 0 Å². The normalized spacial score (nSPS) is 18.1. The predicted molar refractivity (Wildman–Crippen MR) is 69.2 cm³/mol. The lowest BCUT2D eigenvalue weighted by molar-refractivity contribution is -0.0408. The van der Waals surface area contributed by atoms with Crippen molar-refractivity contribution >= 4 is 0 Å². The van der Waals surface area contributed by atoms with Crippen LogP contribution < -0.4 is 5.32 Å². The molecule has 0 spiro atoms. The van der Waals surface area contributed by atoms with Crippen LogP contribution in [0.25, 0.3) is 0 Å². The fourth-order valence-corrected chi connectivity index (χ4v) is 2.13. The van der Waals surface area contributed by atoms with E-state index in [0.29, 0.717) is 19.8 Å². The summed E-state index contributed by atoms with van der Waals surface area (Å²) < 4.78 is 10.8. The molecule has 4 heteroatoms. The number of ether oxygens (including phenoxy) is 2. The molecule has 0 bridgehead atoms. The molecule has 1 fully saturated rings. The topological polar surface area (TPSA) is 50.7 Å². The van der Waals surface area contributed by atoms with Gasteiger partial charge < -0.3 is 19.9 Å². The largest absolute Gasteiger partial charge is 0.396 e. The lowest BCUT2D eigenvalue weighted by Crippen LogP contribution is -2.31. The van der Waals surface area contributed by atoms with E-state index >= 15 is 0 Å². The molecule has 4 nitrogen and oxygen atoms in total. The van der Waals surface area contributed by atoms with E-state index in [-0.39, 0.29) is 18.9 Å². The highest BCUT2D eigenvalue weighted by molar-refractivity contribution is 5.18. The van der Waals surface area contributed by atoms with Crippen LogP contribution in [-0.4, -0.2) is 37.8 Å². The molecule has 18 heavy (non-hydrogen) atoms. The van der Waals surface area contributed by atoms with Crippen LogP contribution in [0.2, 0.25) is 0 Å². The van der Waals surface area contributed by atoms with Gasteiger partial charge in [-0.2, -0.15) is 0 Å². The van der Waals surface area contributed by atoms with E-state index in [4.69, 9.17) is 14.6 Å². The summed E-state index contributed by atoms with van der Waals surface area (Å²) in [6, 6.07) is 10.5. The minimum atomic E-state index is -0.134. The van der Waals surface area contributed by atoms with Gasteiger partial charge in [-0.15, -0.1) is 0 Å². The molecule has 0 aromatic heterocycles. The van der Waals surface area contributed by atoms with Crippen molar-refractivity contribution in [2.24, 2.45) is 0 Å². The van der Waals surface area contributed by atoms with Crippen LogP contribution in [-0.2, 0) is 9.47 Å². The minimum absolute atomic E-state index is 0.134. The Kier molecular flexibility index (Phi) is 5.61. The Labute approximate surface area is 108 Å². The summed E-state index contributed by atoms with van der Waals surface area (Å²) in [6.45, 7) is 2.27. The van der Waals surface area contributed by atoms with Crippen LogP contribution in [0.4, 0.5) is 0 Å². The van der Waals surface area contributed by atoms with Crippen molar-refractivity contribution in [2.75, 3.05) is 26.4 Å². The van der Waals surface area contributed by atoms with Gasteiger partial charge in [-0.3, -0.25) is 0 Å². The number of hydrogen-bond donors (Lipinski definition) is 2. The molecule has 1 aliphatic heterocycles. The molecule has 0 amide bonds. The molecule has 1 saturated heterocycles. The second-order valence-corrected chi connectivity index (χ2v) is 4.41. The Hall–Kier alpha value is -0.940. The van der Waals surface area contributed by atoms with Crippen LogP contribution in [0.15, 0.2) is 30.3 Å². The summed E-state index contributed by atoms with van der Waals surface area (Å²) in [5, 5.41) is 12.4. The number of benzene rings is 1. The highest BCUT2D eigenvalue weighted by Crippen LogP contribution is 2.18. The first-order valence-electron chi connectivity index (χ1n) is 6.52. The number of rotatable bonds is 7. The third-order valence-electron chi connectivity index (χ3n) is 3.07. The third kappa shape index (κ3) is 4.07. The molecule has 100 valence electrons. The highest BCUT2D eigenvalue weighted by atomic mass is 16.7. The zero-order valence-corrected chi connectivity index (χ0v) is 10.5. The average Bonchev–Trinajstić information content (AvgIpc) is 2.93. The lowest BCUT2D eigenvalue weighted by atomic mass is 10.0. The monoisotopic (exact) mass is 251 g/mol. The Balaban J connectivity index is 1.87. The molecule has 1 unspecified atom stereocenters. The van der Waals surface area contributed by atoms with E-state index in [1.165, 1.54) is 5.56 Å². The smallest absolute Gasteiger partial charge is 0.170 e. The quantitative estimate of drug-likeness (QED) is 0.770. The van der Waals surface area contributed by atoms with Crippen molar-refractivity contribution in [1.82, 2.24) is 5.32 Å². The van der Waals surface area contributed by atoms with Gasteiger partial charge in [-0.1, -0.05) is 30.3 Å². The average molecular weight is 251 g/mol. The summed E-state index contributed by atoms with van der Waals surface area (Å²) in [4.78, 5) is 0. The fraction of sp³-hybridized carbons (Fsp3) is 0.571. The van der Waals surface area contributed by atoms with Crippen LogP contribution >= 0.6 is 0 Å². The number of aliphatic hydroxyl groups is 1. The zero-order chi connectivity index (χ0) is 12.6. The van der Waals surface area contributed by atoms with Gasteiger partial charge in [0.2, 0.25) is 0 Å². The number of aliphatic hydroxyl groups excluding tert-OH is 1. The molecule has 2 rings (SSSR count).